The standard InChI is InChI=1S/C19H30N2O2/c1-15-7-6-11-21(14-15)18(22)20-10-12-23-17-9-5-8-16(13-17)19(2,3)4/h5,8-9,13,15H,6-7,10-12,14H2,1-4H3,(H,20,22). The summed E-state index contributed by atoms with van der Waals surface area (Å²) in [4.78, 5) is 14.0. The summed E-state index contributed by atoms with van der Waals surface area (Å²) in [5.41, 5.74) is 1.36. The lowest BCUT2D eigenvalue weighted by Crippen LogP contribution is -2.45. The van der Waals surface area contributed by atoms with Crippen molar-refractivity contribution in [1.82, 2.24) is 10.2 Å². The third-order valence-electron chi connectivity index (χ3n) is 4.29. The van der Waals surface area contributed by atoms with Gasteiger partial charge in [-0.3, -0.25) is 0 Å². The first-order chi connectivity index (χ1) is 10.9. The van der Waals surface area contributed by atoms with Gasteiger partial charge in [-0.25, -0.2) is 4.79 Å². The minimum absolute atomic E-state index is 0.0311. The lowest BCUT2D eigenvalue weighted by molar-refractivity contribution is 0.167. The maximum Gasteiger partial charge on any atom is 0.317 e. The lowest BCUT2D eigenvalue weighted by Gasteiger charge is -2.30. The van der Waals surface area contributed by atoms with E-state index in [1.165, 1.54) is 12.0 Å². The highest BCUT2D eigenvalue weighted by molar-refractivity contribution is 5.74. The molecular weight excluding hydrogens is 288 g/mol. The summed E-state index contributed by atoms with van der Waals surface area (Å²) in [6, 6.07) is 8.21. The number of likely N-dealkylation sites (tertiary alicyclic amines) is 1. The average molecular weight is 318 g/mol. The van der Waals surface area contributed by atoms with Gasteiger partial charge in [0.15, 0.2) is 0 Å². The number of ether oxygens (including phenoxy) is 1. The Morgan fingerprint density at radius 2 is 2.17 bits per heavy atom. The van der Waals surface area contributed by atoms with Gasteiger partial charge in [0.2, 0.25) is 0 Å². The first-order valence-electron chi connectivity index (χ1n) is 8.62. The molecule has 1 aromatic rings. The van der Waals surface area contributed by atoms with Gasteiger partial charge in [0.1, 0.15) is 12.4 Å². The summed E-state index contributed by atoms with van der Waals surface area (Å²) in [6.45, 7) is 11.5. The zero-order chi connectivity index (χ0) is 16.9. The van der Waals surface area contributed by atoms with Crippen molar-refractivity contribution in [2.75, 3.05) is 26.2 Å². The van der Waals surface area contributed by atoms with E-state index < -0.39 is 0 Å². The topological polar surface area (TPSA) is 41.6 Å². The largest absolute Gasteiger partial charge is 0.492 e. The van der Waals surface area contributed by atoms with E-state index in [-0.39, 0.29) is 11.4 Å². The Balaban J connectivity index is 1.74. The van der Waals surface area contributed by atoms with Gasteiger partial charge in [0, 0.05) is 13.1 Å². The van der Waals surface area contributed by atoms with Crippen LogP contribution in [0.3, 0.4) is 0 Å². The highest BCUT2D eigenvalue weighted by Crippen LogP contribution is 2.25. The molecule has 1 N–H and O–H groups in total. The number of amides is 2. The normalized spacial score (nSPS) is 18.6. The Kier molecular flexibility index (Phi) is 5.91. The van der Waals surface area contributed by atoms with Crippen molar-refractivity contribution < 1.29 is 9.53 Å². The Hall–Kier alpha value is -1.71. The molecule has 23 heavy (non-hydrogen) atoms. The Morgan fingerprint density at radius 3 is 2.87 bits per heavy atom. The fourth-order valence-electron chi connectivity index (χ4n) is 2.86. The molecule has 1 heterocycles. The van der Waals surface area contributed by atoms with Gasteiger partial charge < -0.3 is 15.0 Å². The highest BCUT2D eigenvalue weighted by atomic mass is 16.5. The molecule has 0 bridgehead atoms. The SMILES string of the molecule is CC1CCCN(C(=O)NCCOc2cccc(C(C)(C)C)c2)C1. The van der Waals surface area contributed by atoms with Gasteiger partial charge in [0.05, 0.1) is 6.54 Å². The summed E-state index contributed by atoms with van der Waals surface area (Å²) in [5, 5.41) is 2.95. The van der Waals surface area contributed by atoms with Crippen LogP contribution in [0, 0.1) is 5.92 Å². The van der Waals surface area contributed by atoms with Crippen molar-refractivity contribution in [3.63, 3.8) is 0 Å². The van der Waals surface area contributed by atoms with E-state index in [2.05, 4.69) is 45.1 Å². The van der Waals surface area contributed by atoms with Crippen LogP contribution in [0.1, 0.15) is 46.1 Å². The summed E-state index contributed by atoms with van der Waals surface area (Å²) in [7, 11) is 0. The van der Waals surface area contributed by atoms with Crippen molar-refractivity contribution in [2.24, 2.45) is 5.92 Å². The lowest BCUT2D eigenvalue weighted by atomic mass is 9.87. The molecule has 2 amide bonds. The second kappa shape index (κ2) is 7.71. The minimum atomic E-state index is 0.0311. The maximum atomic E-state index is 12.1. The quantitative estimate of drug-likeness (QED) is 0.858. The van der Waals surface area contributed by atoms with E-state index in [0.717, 1.165) is 25.3 Å². The molecule has 4 heteroatoms. The molecule has 4 nitrogen and oxygen atoms in total. The number of nitrogens with zero attached hydrogens (tertiary/aromatic N) is 1. The molecule has 0 radical (unpaired) electrons. The number of rotatable bonds is 4. The van der Waals surface area contributed by atoms with E-state index in [1.54, 1.807) is 0 Å². The zero-order valence-electron chi connectivity index (χ0n) is 14.9. The molecule has 2 rings (SSSR count). The van der Waals surface area contributed by atoms with Crippen LogP contribution in [0.2, 0.25) is 0 Å². The molecule has 1 fully saturated rings. The smallest absolute Gasteiger partial charge is 0.317 e. The second-order valence-electron chi connectivity index (χ2n) is 7.55. The van der Waals surface area contributed by atoms with Gasteiger partial charge in [-0.15, -0.1) is 0 Å². The van der Waals surface area contributed by atoms with Crippen LogP contribution in [-0.4, -0.2) is 37.2 Å². The summed E-state index contributed by atoms with van der Waals surface area (Å²) >= 11 is 0. The van der Waals surface area contributed by atoms with Crippen molar-refractivity contribution in [2.45, 2.75) is 46.0 Å². The first kappa shape index (κ1) is 17.6. The summed E-state index contributed by atoms with van der Waals surface area (Å²) < 4.78 is 5.77. The summed E-state index contributed by atoms with van der Waals surface area (Å²) in [5.74, 6) is 1.46. The van der Waals surface area contributed by atoms with Gasteiger partial charge in [-0.2, -0.15) is 0 Å². The predicted octanol–water partition coefficient (Wildman–Crippen LogP) is 3.80. The number of hydrogen-bond donors (Lipinski definition) is 1. The Morgan fingerprint density at radius 1 is 1.39 bits per heavy atom. The first-order valence-corrected chi connectivity index (χ1v) is 8.62. The minimum Gasteiger partial charge on any atom is -0.492 e. The molecule has 0 spiro atoms. The van der Waals surface area contributed by atoms with E-state index >= 15 is 0 Å². The number of carbonyl (C=O) groups is 1. The molecule has 1 aromatic carbocycles. The maximum absolute atomic E-state index is 12.1. The van der Waals surface area contributed by atoms with Gasteiger partial charge >= 0.3 is 6.03 Å². The number of urea groups is 1. The van der Waals surface area contributed by atoms with E-state index in [4.69, 9.17) is 4.74 Å². The fourth-order valence-corrected chi connectivity index (χ4v) is 2.86. The molecular formula is C19H30N2O2. The molecule has 1 unspecified atom stereocenters. The van der Waals surface area contributed by atoms with Crippen LogP contribution in [0.25, 0.3) is 0 Å². The van der Waals surface area contributed by atoms with E-state index in [0.29, 0.717) is 19.1 Å². The molecule has 0 aromatic heterocycles. The third-order valence-corrected chi connectivity index (χ3v) is 4.29. The molecule has 1 aliphatic heterocycles. The van der Waals surface area contributed by atoms with Crippen LogP contribution in [0.5, 0.6) is 5.75 Å². The molecule has 1 saturated heterocycles. The predicted molar refractivity (Wildman–Crippen MR) is 94.0 cm³/mol. The zero-order valence-corrected chi connectivity index (χ0v) is 14.9. The van der Waals surface area contributed by atoms with Crippen molar-refractivity contribution >= 4 is 6.03 Å². The summed E-state index contributed by atoms with van der Waals surface area (Å²) in [6.07, 6.45) is 2.32. The number of benzene rings is 1. The van der Waals surface area contributed by atoms with Crippen LogP contribution in [-0.2, 0) is 5.41 Å². The Labute approximate surface area is 140 Å². The molecule has 1 aliphatic rings. The van der Waals surface area contributed by atoms with Gasteiger partial charge in [0.25, 0.3) is 0 Å². The van der Waals surface area contributed by atoms with Crippen LogP contribution >= 0.6 is 0 Å². The monoisotopic (exact) mass is 318 g/mol. The van der Waals surface area contributed by atoms with Crippen LogP contribution < -0.4 is 10.1 Å². The second-order valence-corrected chi connectivity index (χ2v) is 7.55. The van der Waals surface area contributed by atoms with E-state index in [9.17, 15) is 4.79 Å². The molecule has 1 atom stereocenters. The number of carbonyl (C=O) groups excluding carboxylic acids is 1. The van der Waals surface area contributed by atoms with Crippen molar-refractivity contribution in [3.05, 3.63) is 29.8 Å². The van der Waals surface area contributed by atoms with Crippen molar-refractivity contribution in [3.8, 4) is 5.75 Å². The number of piperidine rings is 1. The highest BCUT2D eigenvalue weighted by Gasteiger charge is 2.20. The Bertz CT molecular complexity index is 522. The number of nitrogens with one attached hydrogen (secondary N) is 1. The van der Waals surface area contributed by atoms with Crippen LogP contribution in [0.4, 0.5) is 4.79 Å². The molecule has 0 saturated carbocycles. The van der Waals surface area contributed by atoms with Gasteiger partial charge in [-0.1, -0.05) is 39.8 Å². The van der Waals surface area contributed by atoms with Crippen LogP contribution in [0.15, 0.2) is 24.3 Å². The average Bonchev–Trinajstić information content (AvgIpc) is 2.51. The van der Waals surface area contributed by atoms with E-state index in [1.807, 2.05) is 17.0 Å². The van der Waals surface area contributed by atoms with Crippen molar-refractivity contribution in [1.29, 1.82) is 0 Å². The third kappa shape index (κ3) is 5.45. The van der Waals surface area contributed by atoms with Gasteiger partial charge in [-0.05, 0) is 41.9 Å². The number of hydrogen-bond acceptors (Lipinski definition) is 2. The molecule has 128 valence electrons. The fraction of sp³-hybridized carbons (Fsp3) is 0.632. The molecule has 0 aliphatic carbocycles.